The zero-order chi connectivity index (χ0) is 19.2. The summed E-state index contributed by atoms with van der Waals surface area (Å²) in [7, 11) is 0. The summed E-state index contributed by atoms with van der Waals surface area (Å²) in [5.41, 5.74) is 8.37. The van der Waals surface area contributed by atoms with Crippen molar-refractivity contribution >= 4 is 27.2 Å². The minimum Gasteiger partial charge on any atom is -0.506 e. The molecular formula is C20H24N4O2S. The molecule has 0 aliphatic heterocycles. The Kier molecular flexibility index (Phi) is 6.24. The van der Waals surface area contributed by atoms with Crippen molar-refractivity contribution < 1.29 is 9.84 Å². The lowest BCUT2D eigenvalue weighted by atomic mass is 10.2. The Bertz CT molecular complexity index is 979. The molecule has 1 aromatic heterocycles. The molecule has 2 aromatic carbocycles. The van der Waals surface area contributed by atoms with Crippen LogP contribution in [0.2, 0.25) is 0 Å². The van der Waals surface area contributed by atoms with Crippen LogP contribution in [-0.4, -0.2) is 22.8 Å². The molecule has 6 nitrogen and oxygen atoms in total. The van der Waals surface area contributed by atoms with E-state index in [9.17, 15) is 5.11 Å². The van der Waals surface area contributed by atoms with Crippen molar-refractivity contribution in [2.45, 2.75) is 32.7 Å². The molecule has 0 aliphatic rings. The Morgan fingerprint density at radius 2 is 2.04 bits per heavy atom. The van der Waals surface area contributed by atoms with Gasteiger partial charge in [0.05, 0.1) is 16.3 Å². The van der Waals surface area contributed by atoms with Gasteiger partial charge in [0.15, 0.2) is 4.80 Å². The average Bonchev–Trinajstić information content (AvgIpc) is 3.03. The van der Waals surface area contributed by atoms with Gasteiger partial charge in [0.2, 0.25) is 0 Å². The number of hydrogen-bond donors (Lipinski definition) is 2. The standard InChI is InChI=1S/C20H24N4O2S/c1-3-4-10-22-20-24(14(2)13-26-15-8-6-5-7-9-15)17-12-18(25)16(23-21)11-19(17)27-20/h5-9,11-12,14,21,25H,3-4,10,13H2,1-2H3. The summed E-state index contributed by atoms with van der Waals surface area (Å²) in [5.74, 6) is 0.826. The first-order chi connectivity index (χ1) is 13.1. The van der Waals surface area contributed by atoms with Crippen LogP contribution in [0.25, 0.3) is 10.2 Å². The number of phenolic OH excluding ortho intramolecular Hbond substituents is 1. The zero-order valence-electron chi connectivity index (χ0n) is 15.6. The molecule has 0 aliphatic carbocycles. The van der Waals surface area contributed by atoms with Crippen molar-refractivity contribution in [2.24, 2.45) is 10.1 Å². The van der Waals surface area contributed by atoms with Crippen molar-refractivity contribution in [1.29, 1.82) is 5.53 Å². The number of unbranched alkanes of at least 4 members (excludes halogenated alkanes) is 1. The first kappa shape index (κ1) is 19.1. The third-order valence-corrected chi connectivity index (χ3v) is 5.33. The Labute approximate surface area is 162 Å². The van der Waals surface area contributed by atoms with Crippen LogP contribution in [0.15, 0.2) is 52.6 Å². The topological polar surface area (TPSA) is 83.0 Å². The number of nitrogens with one attached hydrogen (secondary N) is 1. The van der Waals surface area contributed by atoms with Gasteiger partial charge in [-0.2, -0.15) is 5.11 Å². The van der Waals surface area contributed by atoms with Gasteiger partial charge in [-0.25, -0.2) is 5.53 Å². The number of aromatic nitrogens is 1. The Morgan fingerprint density at radius 3 is 2.74 bits per heavy atom. The molecule has 1 heterocycles. The van der Waals surface area contributed by atoms with Crippen molar-refractivity contribution in [3.8, 4) is 11.5 Å². The SMILES string of the molecule is CCCCN=c1sc2cc(N=N)c(O)cc2n1C(C)COc1ccccc1. The molecule has 27 heavy (non-hydrogen) atoms. The quantitative estimate of drug-likeness (QED) is 0.402. The monoisotopic (exact) mass is 384 g/mol. The van der Waals surface area contributed by atoms with E-state index in [2.05, 4.69) is 23.5 Å². The summed E-state index contributed by atoms with van der Waals surface area (Å²) in [6.45, 7) is 5.47. The maximum atomic E-state index is 10.2. The minimum atomic E-state index is 0.000311. The summed E-state index contributed by atoms with van der Waals surface area (Å²) < 4.78 is 8.98. The van der Waals surface area contributed by atoms with Crippen LogP contribution >= 0.6 is 11.3 Å². The Morgan fingerprint density at radius 1 is 1.26 bits per heavy atom. The number of para-hydroxylation sites is 1. The fraction of sp³-hybridized carbons (Fsp3) is 0.350. The van der Waals surface area contributed by atoms with E-state index in [1.54, 1.807) is 23.5 Å². The number of benzene rings is 2. The predicted octanol–water partition coefficient (Wildman–Crippen LogP) is 5.41. The lowest BCUT2D eigenvalue weighted by Gasteiger charge is -2.16. The van der Waals surface area contributed by atoms with Crippen LogP contribution in [0.4, 0.5) is 5.69 Å². The third kappa shape index (κ3) is 4.36. The summed E-state index contributed by atoms with van der Waals surface area (Å²) in [6.07, 6.45) is 2.12. The van der Waals surface area contributed by atoms with Crippen LogP contribution in [0.1, 0.15) is 32.7 Å². The fourth-order valence-corrected chi connectivity index (χ4v) is 3.99. The molecule has 1 unspecified atom stereocenters. The fourth-order valence-electron chi connectivity index (χ4n) is 2.83. The van der Waals surface area contributed by atoms with Gasteiger partial charge in [0.1, 0.15) is 23.8 Å². The van der Waals surface area contributed by atoms with Crippen molar-refractivity contribution in [3.05, 3.63) is 47.3 Å². The van der Waals surface area contributed by atoms with Gasteiger partial charge >= 0.3 is 0 Å². The lowest BCUT2D eigenvalue weighted by molar-refractivity contribution is 0.261. The Balaban J connectivity index is 1.99. The number of fused-ring (bicyclic) bond motifs is 1. The van der Waals surface area contributed by atoms with E-state index in [-0.39, 0.29) is 17.5 Å². The number of hydrogen-bond acceptors (Lipinski definition) is 6. The van der Waals surface area contributed by atoms with E-state index in [0.717, 1.165) is 40.2 Å². The van der Waals surface area contributed by atoms with E-state index in [1.165, 1.54) is 0 Å². The molecule has 0 radical (unpaired) electrons. The number of ether oxygens (including phenoxy) is 1. The smallest absolute Gasteiger partial charge is 0.186 e. The number of rotatable bonds is 8. The van der Waals surface area contributed by atoms with Crippen LogP contribution in [0.5, 0.6) is 11.5 Å². The van der Waals surface area contributed by atoms with Gasteiger partial charge in [-0.1, -0.05) is 42.9 Å². The molecule has 0 amide bonds. The molecule has 2 N–H and O–H groups in total. The molecule has 3 rings (SSSR count). The second kappa shape index (κ2) is 8.81. The van der Waals surface area contributed by atoms with Gasteiger partial charge in [-0.15, -0.1) is 0 Å². The second-order valence-electron chi connectivity index (χ2n) is 6.38. The number of phenols is 1. The molecule has 3 aromatic rings. The van der Waals surface area contributed by atoms with Gasteiger partial charge in [-0.05, 0) is 31.5 Å². The van der Waals surface area contributed by atoms with Gasteiger partial charge in [0, 0.05) is 12.6 Å². The normalized spacial score (nSPS) is 13.0. The highest BCUT2D eigenvalue weighted by atomic mass is 32.1. The maximum Gasteiger partial charge on any atom is 0.186 e. The summed E-state index contributed by atoms with van der Waals surface area (Å²) in [4.78, 5) is 5.65. The predicted molar refractivity (Wildman–Crippen MR) is 108 cm³/mol. The Hall–Kier alpha value is -2.67. The molecule has 0 fully saturated rings. The van der Waals surface area contributed by atoms with E-state index < -0.39 is 0 Å². The molecule has 0 bridgehead atoms. The third-order valence-electron chi connectivity index (χ3n) is 4.28. The number of nitrogens with zero attached hydrogens (tertiary/aromatic N) is 3. The second-order valence-corrected chi connectivity index (χ2v) is 7.39. The molecule has 142 valence electrons. The minimum absolute atomic E-state index is 0.000311. The molecular weight excluding hydrogens is 360 g/mol. The van der Waals surface area contributed by atoms with E-state index >= 15 is 0 Å². The first-order valence-corrected chi connectivity index (χ1v) is 9.89. The van der Waals surface area contributed by atoms with Crippen molar-refractivity contribution in [1.82, 2.24) is 4.57 Å². The zero-order valence-corrected chi connectivity index (χ0v) is 16.4. The molecule has 0 saturated heterocycles. The van der Waals surface area contributed by atoms with Crippen LogP contribution < -0.4 is 9.54 Å². The summed E-state index contributed by atoms with van der Waals surface area (Å²) in [5, 5.41) is 13.6. The highest BCUT2D eigenvalue weighted by molar-refractivity contribution is 7.16. The van der Waals surface area contributed by atoms with Crippen molar-refractivity contribution in [3.63, 3.8) is 0 Å². The summed E-state index contributed by atoms with van der Waals surface area (Å²) in [6, 6.07) is 13.1. The van der Waals surface area contributed by atoms with Crippen LogP contribution in [-0.2, 0) is 0 Å². The van der Waals surface area contributed by atoms with Gasteiger partial charge < -0.3 is 14.4 Å². The first-order valence-electron chi connectivity index (χ1n) is 9.08. The molecule has 7 heteroatoms. The van der Waals surface area contributed by atoms with Gasteiger partial charge in [-0.3, -0.25) is 4.99 Å². The van der Waals surface area contributed by atoms with E-state index in [4.69, 9.17) is 15.3 Å². The van der Waals surface area contributed by atoms with Crippen LogP contribution in [0, 0.1) is 5.53 Å². The van der Waals surface area contributed by atoms with E-state index in [1.807, 2.05) is 30.3 Å². The largest absolute Gasteiger partial charge is 0.506 e. The molecule has 1 atom stereocenters. The highest BCUT2D eigenvalue weighted by Gasteiger charge is 2.16. The average molecular weight is 385 g/mol. The molecule has 0 saturated carbocycles. The molecule has 0 spiro atoms. The highest BCUT2D eigenvalue weighted by Crippen LogP contribution is 2.33. The van der Waals surface area contributed by atoms with Crippen LogP contribution in [0.3, 0.4) is 0 Å². The number of aromatic hydroxyl groups is 1. The van der Waals surface area contributed by atoms with Gasteiger partial charge in [0.25, 0.3) is 0 Å². The number of thiazole rings is 1. The summed E-state index contributed by atoms with van der Waals surface area (Å²) >= 11 is 1.55. The maximum absolute atomic E-state index is 10.2. The van der Waals surface area contributed by atoms with E-state index in [0.29, 0.717) is 6.61 Å². The van der Waals surface area contributed by atoms with Crippen molar-refractivity contribution in [2.75, 3.05) is 13.2 Å². The lowest BCUT2D eigenvalue weighted by Crippen LogP contribution is -2.23.